The van der Waals surface area contributed by atoms with Gasteiger partial charge in [-0.05, 0) is 55.8 Å². The number of rotatable bonds is 13. The van der Waals surface area contributed by atoms with Crippen LogP contribution in [0.15, 0.2) is 71.6 Å². The number of nitrogens with one attached hydrogen (secondary N) is 1. The zero-order chi connectivity index (χ0) is 30.2. The van der Waals surface area contributed by atoms with E-state index in [4.69, 9.17) is 39.5 Å². The van der Waals surface area contributed by atoms with Gasteiger partial charge in [0.2, 0.25) is 11.8 Å². The van der Waals surface area contributed by atoms with Crippen LogP contribution in [0.4, 0.5) is 5.69 Å². The lowest BCUT2D eigenvalue weighted by Gasteiger charge is -2.32. The molecule has 1 atom stereocenters. The van der Waals surface area contributed by atoms with Crippen molar-refractivity contribution in [2.45, 2.75) is 44.2 Å². The smallest absolute Gasteiger partial charge is 0.264 e. The maximum Gasteiger partial charge on any atom is 0.264 e. The first kappa shape index (κ1) is 32.5. The number of nitrogens with zero attached hydrogens (tertiary/aromatic N) is 2. The van der Waals surface area contributed by atoms with E-state index in [-0.39, 0.29) is 28.1 Å². The Bertz CT molecular complexity index is 1450. The third kappa shape index (κ3) is 8.07. The average Bonchev–Trinajstić information content (AvgIpc) is 2.95. The van der Waals surface area contributed by atoms with Gasteiger partial charge in [-0.3, -0.25) is 13.9 Å². The summed E-state index contributed by atoms with van der Waals surface area (Å²) in [5.41, 5.74) is 0.575. The number of hydrogen-bond acceptors (Lipinski definition) is 5. The summed E-state index contributed by atoms with van der Waals surface area (Å²) >= 11 is 19.2. The van der Waals surface area contributed by atoms with Crippen molar-refractivity contribution in [2.24, 2.45) is 0 Å². The minimum absolute atomic E-state index is 0.0224. The molecule has 3 aromatic rings. The molecule has 3 aromatic carbocycles. The van der Waals surface area contributed by atoms with Gasteiger partial charge in [-0.15, -0.1) is 0 Å². The van der Waals surface area contributed by atoms with Crippen LogP contribution in [0.1, 0.15) is 32.3 Å². The Morgan fingerprint density at radius 3 is 2.20 bits per heavy atom. The number of halogens is 3. The molecular weight excluding hydrogens is 609 g/mol. The van der Waals surface area contributed by atoms with Gasteiger partial charge in [0.05, 0.1) is 22.7 Å². The van der Waals surface area contributed by atoms with Crippen molar-refractivity contribution in [1.29, 1.82) is 0 Å². The molecule has 220 valence electrons. The Hall–Kier alpha value is -2.98. The molecule has 0 unspecified atom stereocenters. The maximum atomic E-state index is 14.0. The number of anilines is 1. The first-order valence-electron chi connectivity index (χ1n) is 12.9. The van der Waals surface area contributed by atoms with Gasteiger partial charge in [-0.1, -0.05) is 72.4 Å². The second-order valence-corrected chi connectivity index (χ2v) is 12.3. The normalized spacial score (nSPS) is 12.0. The van der Waals surface area contributed by atoms with Gasteiger partial charge in [-0.2, -0.15) is 0 Å². The second-order valence-electron chi connectivity index (χ2n) is 9.19. The van der Waals surface area contributed by atoms with Crippen LogP contribution in [0.25, 0.3) is 0 Å². The largest absolute Gasteiger partial charge is 0.495 e. The molecule has 0 saturated carbocycles. The Kier molecular flexibility index (Phi) is 11.7. The van der Waals surface area contributed by atoms with E-state index in [0.717, 1.165) is 17.1 Å². The first-order valence-corrected chi connectivity index (χ1v) is 15.5. The molecule has 0 aliphatic carbocycles. The molecule has 2 amide bonds. The van der Waals surface area contributed by atoms with Gasteiger partial charge in [-0.25, -0.2) is 8.42 Å². The van der Waals surface area contributed by atoms with Crippen LogP contribution in [0, 0.1) is 0 Å². The van der Waals surface area contributed by atoms with Crippen molar-refractivity contribution in [3.05, 3.63) is 87.4 Å². The minimum Gasteiger partial charge on any atom is -0.495 e. The van der Waals surface area contributed by atoms with Gasteiger partial charge < -0.3 is 15.0 Å². The summed E-state index contributed by atoms with van der Waals surface area (Å²) in [6.07, 6.45) is 1.65. The van der Waals surface area contributed by atoms with Gasteiger partial charge in [0.25, 0.3) is 10.0 Å². The fraction of sp³-hybridized carbons (Fsp3) is 0.310. The summed E-state index contributed by atoms with van der Waals surface area (Å²) in [5, 5.41) is 3.61. The molecule has 0 bridgehead atoms. The summed E-state index contributed by atoms with van der Waals surface area (Å²) in [7, 11) is -2.80. The lowest BCUT2D eigenvalue weighted by Crippen LogP contribution is -2.51. The van der Waals surface area contributed by atoms with Gasteiger partial charge >= 0.3 is 0 Å². The summed E-state index contributed by atoms with van der Waals surface area (Å²) in [4.78, 5) is 28.3. The van der Waals surface area contributed by atoms with Crippen LogP contribution in [0.5, 0.6) is 5.75 Å². The first-order chi connectivity index (χ1) is 19.5. The molecule has 0 aliphatic rings. The van der Waals surface area contributed by atoms with Crippen molar-refractivity contribution < 1.29 is 22.7 Å². The molecule has 3 rings (SSSR count). The molecule has 12 heteroatoms. The summed E-state index contributed by atoms with van der Waals surface area (Å²) < 4.78 is 33.9. The van der Waals surface area contributed by atoms with Crippen molar-refractivity contribution in [2.75, 3.05) is 24.5 Å². The van der Waals surface area contributed by atoms with Gasteiger partial charge in [0.15, 0.2) is 0 Å². The number of hydrogen-bond donors (Lipinski definition) is 1. The molecule has 41 heavy (non-hydrogen) atoms. The van der Waals surface area contributed by atoms with Crippen molar-refractivity contribution in [3.63, 3.8) is 0 Å². The number of ether oxygens (including phenoxy) is 1. The van der Waals surface area contributed by atoms with Gasteiger partial charge in [0, 0.05) is 28.7 Å². The monoisotopic (exact) mass is 639 g/mol. The highest BCUT2D eigenvalue weighted by Crippen LogP contribution is 2.32. The van der Waals surface area contributed by atoms with E-state index >= 15 is 0 Å². The molecule has 0 saturated heterocycles. The Morgan fingerprint density at radius 2 is 1.61 bits per heavy atom. The zero-order valence-electron chi connectivity index (χ0n) is 22.9. The van der Waals surface area contributed by atoms with E-state index in [1.165, 1.54) is 42.3 Å². The molecule has 1 N–H and O–H groups in total. The lowest BCUT2D eigenvalue weighted by molar-refractivity contribution is -0.139. The lowest BCUT2D eigenvalue weighted by atomic mass is 10.1. The number of benzene rings is 3. The SMILES string of the molecule is CCCCNC(=O)[C@H](C)N(Cc1c(Cl)cccc1Cl)C(=O)CN(c1ccc(OC)c(Cl)c1)S(=O)(=O)c1ccccc1. The maximum absolute atomic E-state index is 14.0. The van der Waals surface area contributed by atoms with E-state index in [9.17, 15) is 18.0 Å². The highest BCUT2D eigenvalue weighted by atomic mass is 35.5. The van der Waals surface area contributed by atoms with Crippen LogP contribution in [-0.4, -0.2) is 51.4 Å². The molecule has 0 radical (unpaired) electrons. The Labute approximate surface area is 256 Å². The third-order valence-corrected chi connectivity index (χ3v) is 9.21. The predicted octanol–water partition coefficient (Wildman–Crippen LogP) is 6.18. The third-order valence-electron chi connectivity index (χ3n) is 6.42. The summed E-state index contributed by atoms with van der Waals surface area (Å²) in [6, 6.07) is 16.1. The fourth-order valence-electron chi connectivity index (χ4n) is 4.03. The van der Waals surface area contributed by atoms with Crippen LogP contribution >= 0.6 is 34.8 Å². The van der Waals surface area contributed by atoms with E-state index in [1.54, 1.807) is 43.3 Å². The van der Waals surface area contributed by atoms with E-state index in [2.05, 4.69) is 5.32 Å². The molecular formula is C29H32Cl3N3O5S. The number of methoxy groups -OCH3 is 1. The van der Waals surface area contributed by atoms with E-state index in [0.29, 0.717) is 27.9 Å². The predicted molar refractivity (Wildman–Crippen MR) is 163 cm³/mol. The van der Waals surface area contributed by atoms with Crippen molar-refractivity contribution in [3.8, 4) is 5.75 Å². The zero-order valence-corrected chi connectivity index (χ0v) is 26.0. The summed E-state index contributed by atoms with van der Waals surface area (Å²) in [6.45, 7) is 3.26. The molecule has 0 aromatic heterocycles. The molecule has 0 fully saturated rings. The highest BCUT2D eigenvalue weighted by Gasteiger charge is 2.33. The average molecular weight is 641 g/mol. The fourth-order valence-corrected chi connectivity index (χ4v) is 6.23. The topological polar surface area (TPSA) is 96.0 Å². The Balaban J connectivity index is 2.06. The standard InChI is InChI=1S/C29H32Cl3N3O5S/c1-4-5-16-33-29(37)20(2)34(18-23-24(30)12-9-13-25(23)31)28(36)19-35(21-14-15-27(40-3)26(32)17-21)41(38,39)22-10-7-6-8-11-22/h6-15,17,20H,4-5,16,18-19H2,1-3H3,(H,33,37)/t20-/m0/s1. The number of unbranched alkanes of at least 4 members (excludes halogenated alkanes) is 1. The van der Waals surface area contributed by atoms with Gasteiger partial charge in [0.1, 0.15) is 18.3 Å². The number of sulfonamides is 1. The molecule has 8 nitrogen and oxygen atoms in total. The van der Waals surface area contributed by atoms with E-state index in [1.807, 2.05) is 6.92 Å². The number of amides is 2. The second kappa shape index (κ2) is 14.8. The van der Waals surface area contributed by atoms with Crippen LogP contribution in [0.2, 0.25) is 15.1 Å². The van der Waals surface area contributed by atoms with Crippen molar-refractivity contribution >= 4 is 62.3 Å². The summed E-state index contributed by atoms with van der Waals surface area (Å²) in [5.74, 6) is -0.698. The molecule has 0 aliphatic heterocycles. The Morgan fingerprint density at radius 1 is 0.951 bits per heavy atom. The van der Waals surface area contributed by atoms with Crippen molar-refractivity contribution in [1.82, 2.24) is 10.2 Å². The molecule has 0 spiro atoms. The van der Waals surface area contributed by atoms with E-state index < -0.39 is 28.5 Å². The van der Waals surface area contributed by atoms with Crippen LogP contribution in [-0.2, 0) is 26.2 Å². The minimum atomic E-state index is -4.24. The highest BCUT2D eigenvalue weighted by molar-refractivity contribution is 7.92. The molecule has 0 heterocycles. The van der Waals surface area contributed by atoms with Crippen LogP contribution in [0.3, 0.4) is 0 Å². The number of carbonyl (C=O) groups is 2. The van der Waals surface area contributed by atoms with Crippen LogP contribution < -0.4 is 14.4 Å². The quantitative estimate of drug-likeness (QED) is 0.225. The number of carbonyl (C=O) groups excluding carboxylic acids is 2.